The normalized spacial score (nSPS) is 18.5. The maximum atomic E-state index is 6.03. The average Bonchev–Trinajstić information content (AvgIpc) is 3.25. The second kappa shape index (κ2) is 5.41. The minimum Gasteiger partial charge on any atom is -0.423 e. The molecule has 1 aliphatic heterocycles. The van der Waals surface area contributed by atoms with Crippen LogP contribution in [-0.2, 0) is 0 Å². The molecule has 4 heteroatoms. The number of nitrogens with one attached hydrogen (secondary N) is 1. The fourth-order valence-electron chi connectivity index (χ4n) is 3.74. The number of nitrogens with zero attached hydrogens (tertiary/aromatic N) is 2. The average molecular weight is 317 g/mol. The first-order valence-corrected chi connectivity index (χ1v) is 8.58. The Morgan fingerprint density at radius 2 is 1.92 bits per heavy atom. The lowest BCUT2D eigenvalue weighted by Gasteiger charge is -2.34. The summed E-state index contributed by atoms with van der Waals surface area (Å²) in [6.45, 7) is 0.979. The highest BCUT2D eigenvalue weighted by molar-refractivity contribution is 5.80. The highest BCUT2D eigenvalue weighted by Gasteiger charge is 2.28. The molecule has 0 unspecified atom stereocenters. The van der Waals surface area contributed by atoms with E-state index in [4.69, 9.17) is 9.40 Å². The molecule has 0 amide bonds. The smallest absolute Gasteiger partial charge is 0.298 e. The summed E-state index contributed by atoms with van der Waals surface area (Å²) in [4.78, 5) is 10.6. The molecule has 1 fully saturated rings. The van der Waals surface area contributed by atoms with Crippen molar-refractivity contribution < 1.29 is 4.42 Å². The molecule has 1 saturated heterocycles. The van der Waals surface area contributed by atoms with Gasteiger partial charge >= 0.3 is 0 Å². The lowest BCUT2D eigenvalue weighted by molar-refractivity contribution is 0.428. The van der Waals surface area contributed by atoms with Gasteiger partial charge in [0.25, 0.3) is 6.01 Å². The molecule has 0 bridgehead atoms. The summed E-state index contributed by atoms with van der Waals surface area (Å²) in [6.07, 6.45) is 3.53. The molecule has 0 radical (unpaired) electrons. The van der Waals surface area contributed by atoms with E-state index in [0.717, 1.165) is 30.1 Å². The minimum atomic E-state index is 0.291. The van der Waals surface area contributed by atoms with Crippen LogP contribution in [0.4, 0.5) is 6.01 Å². The maximum Gasteiger partial charge on any atom is 0.298 e. The van der Waals surface area contributed by atoms with Crippen LogP contribution in [0.2, 0.25) is 0 Å². The zero-order valence-electron chi connectivity index (χ0n) is 13.4. The van der Waals surface area contributed by atoms with Crippen LogP contribution in [0.1, 0.15) is 31.0 Å². The van der Waals surface area contributed by atoms with Gasteiger partial charge in [0, 0.05) is 17.8 Å². The van der Waals surface area contributed by atoms with Crippen molar-refractivity contribution in [2.45, 2.75) is 25.3 Å². The number of piperidine rings is 1. The van der Waals surface area contributed by atoms with Crippen LogP contribution in [0, 0.1) is 0 Å². The molecule has 5 rings (SSSR count). The lowest BCUT2D eigenvalue weighted by atomic mass is 10.00. The molecule has 0 aliphatic carbocycles. The molecule has 120 valence electrons. The van der Waals surface area contributed by atoms with Gasteiger partial charge < -0.3 is 14.3 Å². The summed E-state index contributed by atoms with van der Waals surface area (Å²) in [6, 6.07) is 19.7. The van der Waals surface area contributed by atoms with E-state index >= 15 is 0 Å². The summed E-state index contributed by atoms with van der Waals surface area (Å²) in [5.41, 5.74) is 4.22. The van der Waals surface area contributed by atoms with E-state index < -0.39 is 0 Å². The Balaban J connectivity index is 1.57. The predicted molar refractivity (Wildman–Crippen MR) is 96.2 cm³/mol. The number of fused-ring (bicyclic) bond motifs is 2. The largest absolute Gasteiger partial charge is 0.423 e. The van der Waals surface area contributed by atoms with Crippen LogP contribution in [-0.4, -0.2) is 16.5 Å². The molecular weight excluding hydrogens is 298 g/mol. The minimum absolute atomic E-state index is 0.291. The second-order valence-electron chi connectivity index (χ2n) is 6.48. The number of oxazole rings is 1. The molecule has 1 N–H and O–H groups in total. The highest BCUT2D eigenvalue weighted by atomic mass is 16.4. The molecule has 0 spiro atoms. The molecule has 2 aromatic carbocycles. The monoisotopic (exact) mass is 317 g/mol. The summed E-state index contributed by atoms with van der Waals surface area (Å²) < 4.78 is 6.03. The zero-order chi connectivity index (χ0) is 15.9. The number of hydrogen-bond donors (Lipinski definition) is 1. The van der Waals surface area contributed by atoms with Gasteiger partial charge in [-0.2, -0.15) is 4.98 Å². The van der Waals surface area contributed by atoms with Crippen LogP contribution in [0.5, 0.6) is 0 Å². The topological polar surface area (TPSA) is 45.1 Å². The van der Waals surface area contributed by atoms with Gasteiger partial charge in [-0.3, -0.25) is 0 Å². The Morgan fingerprint density at radius 1 is 1.04 bits per heavy atom. The van der Waals surface area contributed by atoms with Gasteiger partial charge in [0.05, 0.1) is 6.04 Å². The van der Waals surface area contributed by atoms with Crippen molar-refractivity contribution in [1.82, 2.24) is 9.97 Å². The maximum absolute atomic E-state index is 6.03. The molecule has 0 saturated carbocycles. The van der Waals surface area contributed by atoms with Gasteiger partial charge in [0.2, 0.25) is 0 Å². The first-order valence-electron chi connectivity index (χ1n) is 8.58. The fraction of sp³-hybridized carbons (Fsp3) is 0.250. The first-order chi connectivity index (χ1) is 11.9. The predicted octanol–water partition coefficient (Wildman–Crippen LogP) is 5.04. The lowest BCUT2D eigenvalue weighted by Crippen LogP contribution is -2.33. The summed E-state index contributed by atoms with van der Waals surface area (Å²) in [5.74, 6) is 0. The summed E-state index contributed by atoms with van der Waals surface area (Å²) in [5, 5.41) is 1.26. The highest BCUT2D eigenvalue weighted by Crippen LogP contribution is 2.36. The van der Waals surface area contributed by atoms with Gasteiger partial charge in [0.1, 0.15) is 5.52 Å². The van der Waals surface area contributed by atoms with E-state index in [1.165, 1.54) is 29.4 Å². The van der Waals surface area contributed by atoms with E-state index in [9.17, 15) is 0 Å². The number of hydrogen-bond acceptors (Lipinski definition) is 3. The number of anilines is 1. The number of rotatable bonds is 2. The number of aromatic amines is 1. The van der Waals surface area contributed by atoms with Crippen molar-refractivity contribution in [3.05, 3.63) is 60.3 Å². The fourth-order valence-corrected chi connectivity index (χ4v) is 3.74. The van der Waals surface area contributed by atoms with Crippen molar-refractivity contribution >= 4 is 28.0 Å². The van der Waals surface area contributed by atoms with Crippen LogP contribution in [0.15, 0.2) is 59.0 Å². The number of benzene rings is 2. The third-order valence-electron chi connectivity index (χ3n) is 4.94. The second-order valence-corrected chi connectivity index (χ2v) is 6.48. The Hall–Kier alpha value is -2.75. The summed E-state index contributed by atoms with van der Waals surface area (Å²) in [7, 11) is 0. The van der Waals surface area contributed by atoms with Crippen molar-refractivity contribution in [3.8, 4) is 0 Å². The van der Waals surface area contributed by atoms with Crippen molar-refractivity contribution in [2.24, 2.45) is 0 Å². The van der Waals surface area contributed by atoms with Gasteiger partial charge in [-0.15, -0.1) is 0 Å². The first kappa shape index (κ1) is 13.7. The molecule has 4 aromatic rings. The molecular formula is C20H19N3O. The van der Waals surface area contributed by atoms with E-state index in [0.29, 0.717) is 6.04 Å². The van der Waals surface area contributed by atoms with Crippen LogP contribution in [0.25, 0.3) is 22.0 Å². The Labute approximate surface area is 140 Å². The molecule has 24 heavy (non-hydrogen) atoms. The van der Waals surface area contributed by atoms with Crippen LogP contribution < -0.4 is 4.90 Å². The number of para-hydroxylation sites is 3. The van der Waals surface area contributed by atoms with E-state index in [2.05, 4.69) is 40.2 Å². The number of H-pyrrole nitrogens is 1. The van der Waals surface area contributed by atoms with Gasteiger partial charge in [0.15, 0.2) is 5.58 Å². The third kappa shape index (κ3) is 2.18. The molecule has 4 nitrogen and oxygen atoms in total. The van der Waals surface area contributed by atoms with E-state index in [1.807, 2.05) is 24.3 Å². The Kier molecular flexibility index (Phi) is 3.08. The van der Waals surface area contributed by atoms with Gasteiger partial charge in [-0.1, -0.05) is 30.3 Å². The Bertz CT molecular complexity index is 852. The molecule has 2 aromatic heterocycles. The van der Waals surface area contributed by atoms with Crippen LogP contribution in [0.3, 0.4) is 0 Å². The molecule has 1 aliphatic rings. The van der Waals surface area contributed by atoms with Gasteiger partial charge in [-0.25, -0.2) is 0 Å². The quantitative estimate of drug-likeness (QED) is 0.563. The van der Waals surface area contributed by atoms with E-state index in [1.54, 1.807) is 0 Å². The molecule has 3 heterocycles. The van der Waals surface area contributed by atoms with Gasteiger partial charge in [-0.05, 0) is 48.9 Å². The van der Waals surface area contributed by atoms with Crippen molar-refractivity contribution in [1.29, 1.82) is 0 Å². The zero-order valence-corrected chi connectivity index (χ0v) is 13.4. The standard InChI is InChI=1S/C20H19N3O/c1-2-8-15-14(7-1)13-17(21-15)18-10-5-6-12-23(18)20-22-16-9-3-4-11-19(16)24-20/h1-4,7-9,11,13,18,21H,5-6,10,12H2/t18-/m0/s1. The SMILES string of the molecule is c1ccc2[nH]c([C@@H]3CCCCN3c3nc4ccccc4o3)cc2c1. The van der Waals surface area contributed by atoms with Crippen LogP contribution >= 0.6 is 0 Å². The van der Waals surface area contributed by atoms with Crippen molar-refractivity contribution in [2.75, 3.05) is 11.4 Å². The number of aromatic nitrogens is 2. The molecule has 1 atom stereocenters. The van der Waals surface area contributed by atoms with Crippen molar-refractivity contribution in [3.63, 3.8) is 0 Å². The Morgan fingerprint density at radius 3 is 2.83 bits per heavy atom. The summed E-state index contributed by atoms with van der Waals surface area (Å²) >= 11 is 0. The third-order valence-corrected chi connectivity index (χ3v) is 4.94. The van der Waals surface area contributed by atoms with E-state index in [-0.39, 0.29) is 0 Å².